The van der Waals surface area contributed by atoms with E-state index >= 15 is 0 Å². The molecule has 0 aromatic rings. The Balaban J connectivity index is 2.69. The number of nitrogens with one attached hydrogen (secondary N) is 1. The van der Waals surface area contributed by atoms with Gasteiger partial charge in [0, 0.05) is 6.54 Å². The molecule has 3 N–H and O–H groups in total. The lowest BCUT2D eigenvalue weighted by atomic mass is 9.99. The van der Waals surface area contributed by atoms with Gasteiger partial charge in [-0.25, -0.2) is 9.59 Å². The van der Waals surface area contributed by atoms with Crippen LogP contribution < -0.4 is 5.32 Å². The molecule has 3 unspecified atom stereocenters. The molecule has 0 radical (unpaired) electrons. The Kier molecular flexibility index (Phi) is 5.13. The van der Waals surface area contributed by atoms with Crippen molar-refractivity contribution in [3.63, 3.8) is 0 Å². The molecular weight excluding hydrogens is 252 g/mol. The van der Waals surface area contributed by atoms with E-state index in [-0.39, 0.29) is 25.7 Å². The number of carboxylic acid groups (broad SMARTS) is 1. The van der Waals surface area contributed by atoms with Gasteiger partial charge >= 0.3 is 12.0 Å². The molecule has 7 heteroatoms. The van der Waals surface area contributed by atoms with Gasteiger partial charge in [0.25, 0.3) is 0 Å². The Hall–Kier alpha value is -1.34. The normalized spacial score (nSPS) is 26.6. The summed E-state index contributed by atoms with van der Waals surface area (Å²) in [6, 6.07) is -0.444. The molecule has 0 bridgehead atoms. The fourth-order valence-corrected chi connectivity index (χ4v) is 1.92. The molecule has 0 aliphatic carbocycles. The second kappa shape index (κ2) is 6.21. The average Bonchev–Trinajstić information content (AvgIpc) is 2.37. The standard InChI is InChI=1S/C12H22N2O5/c1-4-12(3,10(16)17)13-11(18)14-5-8(2)19-9(6-14)7-15/h8-9,15H,4-7H2,1-3H3,(H,13,18)(H,16,17). The Morgan fingerprint density at radius 3 is 2.58 bits per heavy atom. The Morgan fingerprint density at radius 2 is 2.11 bits per heavy atom. The van der Waals surface area contributed by atoms with E-state index in [4.69, 9.17) is 14.9 Å². The highest BCUT2D eigenvalue weighted by atomic mass is 16.5. The lowest BCUT2D eigenvalue weighted by Crippen LogP contribution is -2.59. The van der Waals surface area contributed by atoms with Gasteiger partial charge in [0.2, 0.25) is 0 Å². The number of nitrogens with zero attached hydrogens (tertiary/aromatic N) is 1. The molecular formula is C12H22N2O5. The van der Waals surface area contributed by atoms with Crippen molar-refractivity contribution in [2.45, 2.75) is 44.9 Å². The van der Waals surface area contributed by atoms with E-state index in [0.717, 1.165) is 0 Å². The number of carbonyl (C=O) groups is 2. The molecule has 1 saturated heterocycles. The van der Waals surface area contributed by atoms with Gasteiger partial charge in [0.05, 0.1) is 25.4 Å². The van der Waals surface area contributed by atoms with Crippen molar-refractivity contribution in [1.29, 1.82) is 0 Å². The minimum atomic E-state index is -1.28. The summed E-state index contributed by atoms with van der Waals surface area (Å²) >= 11 is 0. The SMILES string of the molecule is CCC(C)(NC(=O)N1CC(C)OC(CO)C1)C(=O)O. The minimum absolute atomic E-state index is 0.169. The number of aliphatic hydroxyl groups excluding tert-OH is 1. The summed E-state index contributed by atoms with van der Waals surface area (Å²) in [6.07, 6.45) is -0.321. The molecule has 1 aliphatic heterocycles. The van der Waals surface area contributed by atoms with Gasteiger partial charge in [0.15, 0.2) is 0 Å². The third kappa shape index (κ3) is 3.81. The van der Waals surface area contributed by atoms with E-state index in [1.54, 1.807) is 13.8 Å². The number of carbonyl (C=O) groups excluding carboxylic acids is 1. The van der Waals surface area contributed by atoms with Crippen molar-refractivity contribution in [1.82, 2.24) is 10.2 Å². The highest BCUT2D eigenvalue weighted by molar-refractivity contribution is 5.85. The van der Waals surface area contributed by atoms with Crippen LogP contribution in [0.5, 0.6) is 0 Å². The molecule has 1 fully saturated rings. The van der Waals surface area contributed by atoms with Crippen LogP contribution >= 0.6 is 0 Å². The van der Waals surface area contributed by atoms with Gasteiger partial charge in [0.1, 0.15) is 5.54 Å². The van der Waals surface area contributed by atoms with E-state index < -0.39 is 23.6 Å². The molecule has 110 valence electrons. The van der Waals surface area contributed by atoms with Crippen LogP contribution in [-0.4, -0.2) is 64.6 Å². The van der Waals surface area contributed by atoms with Gasteiger partial charge in [-0.2, -0.15) is 0 Å². The van der Waals surface area contributed by atoms with Crippen LogP contribution in [-0.2, 0) is 9.53 Å². The van der Waals surface area contributed by atoms with Crippen LogP contribution in [0.15, 0.2) is 0 Å². The van der Waals surface area contributed by atoms with Gasteiger partial charge < -0.3 is 25.2 Å². The number of aliphatic hydroxyl groups is 1. The summed E-state index contributed by atoms with van der Waals surface area (Å²) in [6.45, 7) is 5.44. The molecule has 0 saturated carbocycles. The zero-order chi connectivity index (χ0) is 14.6. The fourth-order valence-electron chi connectivity index (χ4n) is 1.92. The van der Waals surface area contributed by atoms with Crippen LogP contribution in [0, 0.1) is 0 Å². The summed E-state index contributed by atoms with van der Waals surface area (Å²) in [5.41, 5.74) is -1.28. The van der Waals surface area contributed by atoms with E-state index in [1.807, 2.05) is 0 Å². The number of rotatable bonds is 4. The van der Waals surface area contributed by atoms with Crippen molar-refractivity contribution in [2.75, 3.05) is 19.7 Å². The predicted molar refractivity (Wildman–Crippen MR) is 67.9 cm³/mol. The van der Waals surface area contributed by atoms with E-state index in [9.17, 15) is 9.59 Å². The van der Waals surface area contributed by atoms with Crippen molar-refractivity contribution in [2.24, 2.45) is 0 Å². The fraction of sp³-hybridized carbons (Fsp3) is 0.833. The maximum absolute atomic E-state index is 12.1. The second-order valence-corrected chi connectivity index (χ2v) is 5.08. The lowest BCUT2D eigenvalue weighted by Gasteiger charge is -2.37. The molecule has 0 spiro atoms. The quantitative estimate of drug-likeness (QED) is 0.672. The van der Waals surface area contributed by atoms with Crippen LogP contribution in [0.25, 0.3) is 0 Å². The topological polar surface area (TPSA) is 99.1 Å². The Bertz CT molecular complexity index is 349. The maximum Gasteiger partial charge on any atom is 0.329 e. The molecule has 1 aliphatic rings. The van der Waals surface area contributed by atoms with E-state index in [0.29, 0.717) is 6.54 Å². The van der Waals surface area contributed by atoms with Crippen LogP contribution in [0.2, 0.25) is 0 Å². The smallest absolute Gasteiger partial charge is 0.329 e. The number of aliphatic carboxylic acids is 1. The van der Waals surface area contributed by atoms with E-state index in [1.165, 1.54) is 11.8 Å². The number of carboxylic acids is 1. The van der Waals surface area contributed by atoms with E-state index in [2.05, 4.69) is 5.32 Å². The molecule has 2 amide bonds. The highest BCUT2D eigenvalue weighted by Crippen LogP contribution is 2.14. The number of hydrogen-bond donors (Lipinski definition) is 3. The third-order valence-corrected chi connectivity index (χ3v) is 3.38. The minimum Gasteiger partial charge on any atom is -0.480 e. The average molecular weight is 274 g/mol. The first-order chi connectivity index (χ1) is 8.82. The lowest BCUT2D eigenvalue weighted by molar-refractivity contribution is -0.144. The van der Waals surface area contributed by atoms with Gasteiger partial charge in [-0.15, -0.1) is 0 Å². The summed E-state index contributed by atoms with van der Waals surface area (Å²) in [5, 5.41) is 20.8. The number of ether oxygens (including phenoxy) is 1. The van der Waals surface area contributed by atoms with Crippen molar-refractivity contribution in [3.05, 3.63) is 0 Å². The Labute approximate surface area is 112 Å². The molecule has 3 atom stereocenters. The predicted octanol–water partition coefficient (Wildman–Crippen LogP) is 0.0309. The largest absolute Gasteiger partial charge is 0.480 e. The number of hydrogen-bond acceptors (Lipinski definition) is 4. The third-order valence-electron chi connectivity index (χ3n) is 3.38. The van der Waals surface area contributed by atoms with Crippen LogP contribution in [0.1, 0.15) is 27.2 Å². The number of morpholine rings is 1. The summed E-state index contributed by atoms with van der Waals surface area (Å²) in [7, 11) is 0. The van der Waals surface area contributed by atoms with Crippen LogP contribution in [0.4, 0.5) is 4.79 Å². The van der Waals surface area contributed by atoms with Crippen molar-refractivity contribution in [3.8, 4) is 0 Å². The van der Waals surface area contributed by atoms with Crippen molar-refractivity contribution < 1.29 is 24.5 Å². The first-order valence-electron chi connectivity index (χ1n) is 6.39. The summed E-state index contributed by atoms with van der Waals surface area (Å²) in [5.74, 6) is -1.07. The zero-order valence-corrected chi connectivity index (χ0v) is 11.5. The molecule has 1 rings (SSSR count). The summed E-state index contributed by atoms with van der Waals surface area (Å²) < 4.78 is 5.43. The first-order valence-corrected chi connectivity index (χ1v) is 6.39. The number of urea groups is 1. The zero-order valence-electron chi connectivity index (χ0n) is 11.5. The highest BCUT2D eigenvalue weighted by Gasteiger charge is 2.36. The molecule has 19 heavy (non-hydrogen) atoms. The first kappa shape index (κ1) is 15.7. The van der Waals surface area contributed by atoms with Gasteiger partial charge in [-0.1, -0.05) is 6.92 Å². The van der Waals surface area contributed by atoms with Gasteiger partial charge in [-0.3, -0.25) is 0 Å². The monoisotopic (exact) mass is 274 g/mol. The maximum atomic E-state index is 12.1. The summed E-state index contributed by atoms with van der Waals surface area (Å²) in [4.78, 5) is 24.7. The second-order valence-electron chi connectivity index (χ2n) is 5.08. The molecule has 0 aromatic heterocycles. The molecule has 7 nitrogen and oxygen atoms in total. The van der Waals surface area contributed by atoms with Crippen LogP contribution in [0.3, 0.4) is 0 Å². The number of amides is 2. The Morgan fingerprint density at radius 1 is 1.47 bits per heavy atom. The van der Waals surface area contributed by atoms with Gasteiger partial charge in [-0.05, 0) is 20.3 Å². The van der Waals surface area contributed by atoms with Crippen molar-refractivity contribution >= 4 is 12.0 Å². The molecule has 1 heterocycles. The molecule has 0 aromatic carbocycles.